The molecule has 0 bridgehead atoms. The first-order valence-electron chi connectivity index (χ1n) is 11.2. The van der Waals surface area contributed by atoms with Gasteiger partial charge in [0.25, 0.3) is 0 Å². The van der Waals surface area contributed by atoms with Crippen LogP contribution < -0.4 is 4.90 Å². The van der Waals surface area contributed by atoms with Gasteiger partial charge in [0, 0.05) is 50.3 Å². The quantitative estimate of drug-likeness (QED) is 0.553. The summed E-state index contributed by atoms with van der Waals surface area (Å²) in [5, 5.41) is 0. The molecule has 0 aliphatic carbocycles. The molecular weight excluding hydrogens is 386 g/mol. The smallest absolute Gasteiger partial charge is 0.223 e. The lowest BCUT2D eigenvalue weighted by atomic mass is 10.0. The Hall–Kier alpha value is -3.08. The summed E-state index contributed by atoms with van der Waals surface area (Å²) in [7, 11) is 0. The Morgan fingerprint density at radius 1 is 1.00 bits per heavy atom. The second-order valence-electron chi connectivity index (χ2n) is 8.62. The van der Waals surface area contributed by atoms with Crippen LogP contribution in [0.4, 0.5) is 5.69 Å². The first-order chi connectivity index (χ1) is 15.1. The molecule has 2 heterocycles. The number of oxazole rings is 1. The van der Waals surface area contributed by atoms with E-state index in [1.165, 1.54) is 11.3 Å². The maximum absolute atomic E-state index is 12.7. The molecule has 0 unspecified atom stereocenters. The first kappa shape index (κ1) is 21.2. The van der Waals surface area contributed by atoms with E-state index in [0.29, 0.717) is 24.7 Å². The molecule has 1 aliphatic heterocycles. The van der Waals surface area contributed by atoms with Crippen molar-refractivity contribution in [3.63, 3.8) is 0 Å². The van der Waals surface area contributed by atoms with Crippen LogP contribution in [0.2, 0.25) is 0 Å². The van der Waals surface area contributed by atoms with Crippen molar-refractivity contribution in [2.45, 2.75) is 33.1 Å². The average Bonchev–Trinajstić information content (AvgIpc) is 3.27. The van der Waals surface area contributed by atoms with E-state index in [4.69, 9.17) is 4.42 Å². The van der Waals surface area contributed by atoms with Crippen LogP contribution in [-0.2, 0) is 17.6 Å². The topological polar surface area (TPSA) is 49.6 Å². The van der Waals surface area contributed by atoms with Gasteiger partial charge in [-0.05, 0) is 30.0 Å². The Morgan fingerprint density at radius 3 is 2.39 bits per heavy atom. The zero-order chi connectivity index (χ0) is 21.6. The molecule has 1 amide bonds. The average molecular weight is 418 g/mol. The van der Waals surface area contributed by atoms with Crippen LogP contribution >= 0.6 is 0 Å². The van der Waals surface area contributed by atoms with E-state index in [1.807, 2.05) is 11.0 Å². The number of para-hydroxylation sites is 1. The number of rotatable bonds is 7. The van der Waals surface area contributed by atoms with E-state index < -0.39 is 0 Å². The van der Waals surface area contributed by atoms with Crippen molar-refractivity contribution in [3.8, 4) is 11.3 Å². The molecule has 1 fully saturated rings. The number of carbonyl (C=O) groups is 1. The molecule has 31 heavy (non-hydrogen) atoms. The highest BCUT2D eigenvalue weighted by atomic mass is 16.4. The van der Waals surface area contributed by atoms with Crippen molar-refractivity contribution >= 4 is 11.6 Å². The van der Waals surface area contributed by atoms with Gasteiger partial charge in [-0.25, -0.2) is 4.98 Å². The number of amides is 1. The van der Waals surface area contributed by atoms with E-state index >= 15 is 0 Å². The zero-order valence-corrected chi connectivity index (χ0v) is 18.5. The van der Waals surface area contributed by atoms with Crippen LogP contribution in [0.25, 0.3) is 11.3 Å². The van der Waals surface area contributed by atoms with Crippen LogP contribution in [0.15, 0.2) is 65.2 Å². The highest BCUT2D eigenvalue weighted by Gasteiger charge is 2.21. The van der Waals surface area contributed by atoms with E-state index in [-0.39, 0.29) is 5.91 Å². The lowest BCUT2D eigenvalue weighted by Gasteiger charge is -2.36. The summed E-state index contributed by atoms with van der Waals surface area (Å²) in [6, 6.07) is 18.8. The molecule has 0 atom stereocenters. The van der Waals surface area contributed by atoms with Gasteiger partial charge in [-0.3, -0.25) is 4.79 Å². The molecule has 0 N–H and O–H groups in total. The second-order valence-corrected chi connectivity index (χ2v) is 8.62. The van der Waals surface area contributed by atoms with E-state index in [2.05, 4.69) is 72.3 Å². The predicted octanol–water partition coefficient (Wildman–Crippen LogP) is 4.82. The Labute approximate surface area is 184 Å². The summed E-state index contributed by atoms with van der Waals surface area (Å²) in [5.41, 5.74) is 3.57. The molecule has 1 saturated heterocycles. The van der Waals surface area contributed by atoms with Gasteiger partial charge in [0.15, 0.2) is 11.7 Å². The van der Waals surface area contributed by atoms with Crippen molar-refractivity contribution in [1.82, 2.24) is 9.88 Å². The Balaban J connectivity index is 1.26. The van der Waals surface area contributed by atoms with E-state index in [9.17, 15) is 4.79 Å². The third kappa shape index (κ3) is 5.54. The number of hydrogen-bond acceptors (Lipinski definition) is 4. The van der Waals surface area contributed by atoms with Crippen LogP contribution in [0, 0.1) is 5.92 Å². The van der Waals surface area contributed by atoms with Gasteiger partial charge in [0.05, 0.1) is 6.20 Å². The molecule has 2 aromatic carbocycles. The fourth-order valence-electron chi connectivity index (χ4n) is 4.06. The number of hydrogen-bond donors (Lipinski definition) is 0. The minimum absolute atomic E-state index is 0.172. The standard InChI is InChI=1S/C26H31N3O2/c1-20(2)18-21-8-10-22(11-9-21)24-19-27-25(31-24)12-13-26(30)29-16-14-28(15-17-29)23-6-4-3-5-7-23/h3-11,19-20H,12-18H2,1-2H3. The molecule has 1 aromatic heterocycles. The molecule has 5 nitrogen and oxygen atoms in total. The van der Waals surface area contributed by atoms with Crippen molar-refractivity contribution in [3.05, 3.63) is 72.2 Å². The Kier molecular flexibility index (Phi) is 6.70. The molecule has 0 saturated carbocycles. The fourth-order valence-corrected chi connectivity index (χ4v) is 4.06. The van der Waals surface area contributed by atoms with Gasteiger partial charge in [0.2, 0.25) is 5.91 Å². The third-order valence-corrected chi connectivity index (χ3v) is 5.74. The number of anilines is 1. The van der Waals surface area contributed by atoms with Crippen molar-refractivity contribution in [2.24, 2.45) is 5.92 Å². The molecule has 3 aromatic rings. The number of benzene rings is 2. The van der Waals surface area contributed by atoms with Crippen molar-refractivity contribution < 1.29 is 9.21 Å². The molecule has 4 rings (SSSR count). The minimum Gasteiger partial charge on any atom is -0.441 e. The number of carbonyl (C=O) groups excluding carboxylic acids is 1. The molecule has 0 radical (unpaired) electrons. The van der Waals surface area contributed by atoms with E-state index in [1.54, 1.807) is 6.20 Å². The zero-order valence-electron chi connectivity index (χ0n) is 18.5. The van der Waals surface area contributed by atoms with Gasteiger partial charge >= 0.3 is 0 Å². The Morgan fingerprint density at radius 2 is 1.71 bits per heavy atom. The normalized spacial score (nSPS) is 14.3. The predicted molar refractivity (Wildman–Crippen MR) is 124 cm³/mol. The van der Waals surface area contributed by atoms with Crippen LogP contribution in [0.3, 0.4) is 0 Å². The fraction of sp³-hybridized carbons (Fsp3) is 0.385. The van der Waals surface area contributed by atoms with Crippen LogP contribution in [0.5, 0.6) is 0 Å². The monoisotopic (exact) mass is 417 g/mol. The lowest BCUT2D eigenvalue weighted by Crippen LogP contribution is -2.48. The van der Waals surface area contributed by atoms with Crippen molar-refractivity contribution in [2.75, 3.05) is 31.1 Å². The molecule has 0 spiro atoms. The van der Waals surface area contributed by atoms with Gasteiger partial charge < -0.3 is 14.2 Å². The van der Waals surface area contributed by atoms with Gasteiger partial charge in [-0.15, -0.1) is 0 Å². The third-order valence-electron chi connectivity index (χ3n) is 5.74. The van der Waals surface area contributed by atoms with Crippen LogP contribution in [0.1, 0.15) is 31.7 Å². The lowest BCUT2D eigenvalue weighted by molar-refractivity contribution is -0.131. The van der Waals surface area contributed by atoms with E-state index in [0.717, 1.165) is 43.9 Å². The van der Waals surface area contributed by atoms with Gasteiger partial charge in [0.1, 0.15) is 0 Å². The number of piperazine rings is 1. The summed E-state index contributed by atoms with van der Waals surface area (Å²) in [6.45, 7) is 7.69. The largest absolute Gasteiger partial charge is 0.441 e. The second kappa shape index (κ2) is 9.82. The van der Waals surface area contributed by atoms with Crippen molar-refractivity contribution in [1.29, 1.82) is 0 Å². The Bertz CT molecular complexity index is 971. The first-order valence-corrected chi connectivity index (χ1v) is 11.2. The maximum atomic E-state index is 12.7. The number of aryl methyl sites for hydroxylation is 1. The highest BCUT2D eigenvalue weighted by molar-refractivity contribution is 5.76. The highest BCUT2D eigenvalue weighted by Crippen LogP contribution is 2.23. The SMILES string of the molecule is CC(C)Cc1ccc(-c2cnc(CCC(=O)N3CCN(c4ccccc4)CC3)o2)cc1. The summed E-state index contributed by atoms with van der Waals surface area (Å²) in [6.07, 6.45) is 3.79. The molecule has 5 heteroatoms. The molecular formula is C26H31N3O2. The van der Waals surface area contributed by atoms with Gasteiger partial charge in [-0.2, -0.15) is 0 Å². The van der Waals surface area contributed by atoms with Crippen LogP contribution in [-0.4, -0.2) is 42.0 Å². The summed E-state index contributed by atoms with van der Waals surface area (Å²) in [5.74, 6) is 2.19. The van der Waals surface area contributed by atoms with Gasteiger partial charge in [-0.1, -0.05) is 56.3 Å². The summed E-state index contributed by atoms with van der Waals surface area (Å²) in [4.78, 5) is 21.3. The number of aromatic nitrogens is 1. The summed E-state index contributed by atoms with van der Waals surface area (Å²) >= 11 is 0. The number of nitrogens with zero attached hydrogens (tertiary/aromatic N) is 3. The molecule has 162 valence electrons. The summed E-state index contributed by atoms with van der Waals surface area (Å²) < 4.78 is 5.91. The minimum atomic E-state index is 0.172. The maximum Gasteiger partial charge on any atom is 0.223 e. The molecule has 1 aliphatic rings.